The Morgan fingerprint density at radius 1 is 0.636 bits per heavy atom. The van der Waals surface area contributed by atoms with Crippen molar-refractivity contribution in [3.8, 4) is 0 Å². The minimum Gasteiger partial charge on any atom is -0.430 e. The summed E-state index contributed by atoms with van der Waals surface area (Å²) in [6, 6.07) is 39.3. The average Bonchev–Trinajstić information content (AvgIpc) is 3.22. The lowest BCUT2D eigenvalue weighted by Gasteiger charge is -2.25. The van der Waals surface area contributed by atoms with Gasteiger partial charge in [0, 0.05) is 12.0 Å². The first-order valence-electron chi connectivity index (χ1n) is 11.2. The second kappa shape index (κ2) is 8.07. The van der Waals surface area contributed by atoms with Crippen molar-refractivity contribution in [1.82, 2.24) is 0 Å². The molecule has 0 aromatic heterocycles. The molecular formula is C31H22O2. The Morgan fingerprint density at radius 3 is 1.76 bits per heavy atom. The van der Waals surface area contributed by atoms with Gasteiger partial charge >= 0.3 is 5.97 Å². The number of rotatable bonds is 3. The summed E-state index contributed by atoms with van der Waals surface area (Å²) in [5, 5.41) is 0. The van der Waals surface area contributed by atoms with Gasteiger partial charge in [-0.3, -0.25) is 4.79 Å². The molecule has 2 aliphatic rings. The molecule has 0 radical (unpaired) electrons. The number of carbonyl (C=O) groups is 1. The van der Waals surface area contributed by atoms with Crippen LogP contribution in [0, 0.1) is 0 Å². The van der Waals surface area contributed by atoms with E-state index < -0.39 is 0 Å². The second-order valence-corrected chi connectivity index (χ2v) is 8.41. The van der Waals surface area contributed by atoms with Crippen LogP contribution >= 0.6 is 0 Å². The number of benzene rings is 4. The zero-order chi connectivity index (χ0) is 22.2. The van der Waals surface area contributed by atoms with Crippen molar-refractivity contribution in [3.05, 3.63) is 149 Å². The third kappa shape index (κ3) is 3.32. The molecule has 2 nitrogen and oxygen atoms in total. The lowest BCUT2D eigenvalue weighted by molar-refractivity contribution is -0.137. The summed E-state index contributed by atoms with van der Waals surface area (Å²) < 4.78 is 5.95. The highest BCUT2D eigenvalue weighted by Crippen LogP contribution is 2.51. The first-order valence-corrected chi connectivity index (χ1v) is 11.2. The van der Waals surface area contributed by atoms with Crippen LogP contribution in [0.5, 0.6) is 0 Å². The summed E-state index contributed by atoms with van der Waals surface area (Å²) in [5.74, 6) is 0.191. The van der Waals surface area contributed by atoms with Crippen LogP contribution in [-0.2, 0) is 9.53 Å². The third-order valence-corrected chi connectivity index (χ3v) is 6.49. The van der Waals surface area contributed by atoms with Crippen LogP contribution in [0.25, 0.3) is 16.7 Å². The minimum absolute atomic E-state index is 0.191. The molecule has 6 rings (SSSR count). The Hall–Kier alpha value is -4.17. The van der Waals surface area contributed by atoms with E-state index in [1.807, 2.05) is 48.5 Å². The number of carbonyl (C=O) groups excluding carboxylic acids is 1. The van der Waals surface area contributed by atoms with Gasteiger partial charge in [-0.1, -0.05) is 115 Å². The van der Waals surface area contributed by atoms with E-state index in [4.69, 9.17) is 4.74 Å². The highest BCUT2D eigenvalue weighted by atomic mass is 16.5. The van der Waals surface area contributed by atoms with Crippen LogP contribution in [-0.4, -0.2) is 5.97 Å². The van der Waals surface area contributed by atoms with Crippen molar-refractivity contribution in [2.75, 3.05) is 0 Å². The zero-order valence-electron chi connectivity index (χ0n) is 18.1. The van der Waals surface area contributed by atoms with Gasteiger partial charge in [-0.05, 0) is 39.0 Å². The molecule has 0 saturated carbocycles. The number of allylic oxidation sites excluding steroid dienone is 1. The highest BCUT2D eigenvalue weighted by molar-refractivity contribution is 6.08. The van der Waals surface area contributed by atoms with E-state index in [-0.39, 0.29) is 11.9 Å². The molecule has 0 spiro atoms. The van der Waals surface area contributed by atoms with E-state index >= 15 is 0 Å². The fraction of sp³-hybridized carbons (Fsp3) is 0.0645. The maximum absolute atomic E-state index is 13.1. The Kier molecular flexibility index (Phi) is 4.77. The van der Waals surface area contributed by atoms with Gasteiger partial charge < -0.3 is 4.74 Å². The van der Waals surface area contributed by atoms with Gasteiger partial charge in [-0.25, -0.2) is 0 Å². The molecule has 0 saturated heterocycles. The maximum Gasteiger partial charge on any atom is 0.323 e. The van der Waals surface area contributed by atoms with Gasteiger partial charge in [0.2, 0.25) is 0 Å². The Labute approximate surface area is 193 Å². The smallest absolute Gasteiger partial charge is 0.323 e. The first-order chi connectivity index (χ1) is 16.3. The molecule has 0 N–H and O–H groups in total. The van der Waals surface area contributed by atoms with Crippen LogP contribution in [0.2, 0.25) is 0 Å². The fourth-order valence-electron chi connectivity index (χ4n) is 5.08. The molecule has 1 aliphatic carbocycles. The predicted molar refractivity (Wildman–Crippen MR) is 132 cm³/mol. The Morgan fingerprint density at radius 2 is 1.15 bits per heavy atom. The van der Waals surface area contributed by atoms with E-state index in [1.165, 1.54) is 11.1 Å². The van der Waals surface area contributed by atoms with E-state index in [1.54, 1.807) is 0 Å². The topological polar surface area (TPSA) is 26.3 Å². The molecule has 0 bridgehead atoms. The van der Waals surface area contributed by atoms with Gasteiger partial charge in [-0.15, -0.1) is 0 Å². The molecular weight excluding hydrogens is 404 g/mol. The molecule has 1 atom stereocenters. The molecule has 33 heavy (non-hydrogen) atoms. The van der Waals surface area contributed by atoms with Crippen LogP contribution < -0.4 is 0 Å². The van der Waals surface area contributed by atoms with Crippen LogP contribution in [0.15, 0.2) is 121 Å². The summed E-state index contributed by atoms with van der Waals surface area (Å²) in [6.45, 7) is 0. The number of hydrogen-bond acceptors (Lipinski definition) is 2. The maximum atomic E-state index is 13.1. The van der Waals surface area contributed by atoms with Crippen molar-refractivity contribution in [3.63, 3.8) is 0 Å². The Balaban J connectivity index is 1.61. The third-order valence-electron chi connectivity index (χ3n) is 6.49. The van der Waals surface area contributed by atoms with Gasteiger partial charge in [0.25, 0.3) is 0 Å². The van der Waals surface area contributed by atoms with Gasteiger partial charge in [0.05, 0.1) is 0 Å². The van der Waals surface area contributed by atoms with Crippen LogP contribution in [0.1, 0.15) is 40.2 Å². The summed E-state index contributed by atoms with van der Waals surface area (Å²) in [5.41, 5.74) is 8.89. The summed E-state index contributed by atoms with van der Waals surface area (Å²) in [6.07, 6.45) is 0.584. The lowest BCUT2D eigenvalue weighted by atomic mass is 9.76. The molecule has 4 aromatic rings. The summed E-state index contributed by atoms with van der Waals surface area (Å²) in [4.78, 5) is 13.1. The van der Waals surface area contributed by atoms with Crippen molar-refractivity contribution >= 4 is 22.7 Å². The summed E-state index contributed by atoms with van der Waals surface area (Å²) >= 11 is 0. The van der Waals surface area contributed by atoms with Gasteiger partial charge in [0.15, 0.2) is 0 Å². The van der Waals surface area contributed by atoms with Crippen LogP contribution in [0.4, 0.5) is 0 Å². The van der Waals surface area contributed by atoms with E-state index in [2.05, 4.69) is 66.7 Å². The number of fused-ring (bicyclic) bond motifs is 2. The molecule has 1 aliphatic heterocycles. The normalized spacial score (nSPS) is 16.8. The number of esters is 1. The molecule has 2 heteroatoms. The first kappa shape index (κ1) is 19.5. The van der Waals surface area contributed by atoms with Gasteiger partial charge in [0.1, 0.15) is 11.7 Å². The average molecular weight is 427 g/mol. The van der Waals surface area contributed by atoms with Crippen molar-refractivity contribution in [2.45, 2.75) is 12.3 Å². The molecule has 1 heterocycles. The molecule has 4 aromatic carbocycles. The molecule has 158 valence electrons. The van der Waals surface area contributed by atoms with Crippen molar-refractivity contribution < 1.29 is 9.53 Å². The second-order valence-electron chi connectivity index (χ2n) is 8.41. The quantitative estimate of drug-likeness (QED) is 0.327. The molecule has 0 fully saturated rings. The van der Waals surface area contributed by atoms with E-state index in [0.717, 1.165) is 39.1 Å². The fourth-order valence-corrected chi connectivity index (χ4v) is 5.08. The van der Waals surface area contributed by atoms with Gasteiger partial charge in [-0.2, -0.15) is 0 Å². The number of ether oxygens (including phenoxy) is 1. The van der Waals surface area contributed by atoms with Crippen molar-refractivity contribution in [2.24, 2.45) is 0 Å². The molecule has 0 amide bonds. The van der Waals surface area contributed by atoms with E-state index in [9.17, 15) is 4.79 Å². The highest BCUT2D eigenvalue weighted by Gasteiger charge is 2.41. The monoisotopic (exact) mass is 426 g/mol. The SMILES string of the molecule is O=C1OC2=C(c3ccccc3C(=C(c3ccccc3)c3ccccc3)C2)C1c1ccccc1. The summed E-state index contributed by atoms with van der Waals surface area (Å²) in [7, 11) is 0. The van der Waals surface area contributed by atoms with Crippen LogP contribution in [0.3, 0.4) is 0 Å². The predicted octanol–water partition coefficient (Wildman–Crippen LogP) is 7.10. The van der Waals surface area contributed by atoms with E-state index in [0.29, 0.717) is 6.42 Å². The number of hydrogen-bond donors (Lipinski definition) is 0. The standard InChI is InChI=1S/C31H22O2/c32-31-29(23-16-8-3-9-17-23)30-25-19-11-10-18-24(25)26(20-27(30)33-31)28(21-12-4-1-5-13-21)22-14-6-2-7-15-22/h1-19,29H,20H2. The van der Waals surface area contributed by atoms with Crippen molar-refractivity contribution in [1.29, 1.82) is 0 Å². The lowest BCUT2D eigenvalue weighted by Crippen LogP contribution is -2.10. The Bertz CT molecular complexity index is 1360. The molecule has 1 unspecified atom stereocenters. The largest absolute Gasteiger partial charge is 0.430 e. The minimum atomic E-state index is -0.388. The zero-order valence-corrected chi connectivity index (χ0v) is 18.1.